The van der Waals surface area contributed by atoms with Crippen LogP contribution in [0.3, 0.4) is 0 Å². The molecule has 0 bridgehead atoms. The fourth-order valence-corrected chi connectivity index (χ4v) is 0.654. The van der Waals surface area contributed by atoms with Gasteiger partial charge in [-0.1, -0.05) is 32.9 Å². The van der Waals surface area contributed by atoms with Gasteiger partial charge in [-0.3, -0.25) is 9.59 Å². The van der Waals surface area contributed by atoms with E-state index in [0.717, 1.165) is 5.57 Å². The average Bonchev–Trinajstić information content (AvgIpc) is 1.99. The van der Waals surface area contributed by atoms with E-state index in [1.807, 2.05) is 34.6 Å². The molecule has 92 valence electrons. The number of carbonyl (C=O) groups excluding carboxylic acids is 2. The van der Waals surface area contributed by atoms with Gasteiger partial charge < -0.3 is 11.5 Å². The third-order valence-corrected chi connectivity index (χ3v) is 1.63. The molecule has 0 saturated heterocycles. The highest BCUT2D eigenvalue weighted by Crippen LogP contribution is 2.22. The van der Waals surface area contributed by atoms with Crippen LogP contribution in [0.5, 0.6) is 0 Å². The molecule has 4 N–H and O–H groups in total. The highest BCUT2D eigenvalue weighted by atomic mass is 16.1. The Bertz CT molecular complexity index is 305. The Morgan fingerprint density at radius 2 is 1.50 bits per heavy atom. The highest BCUT2D eigenvalue weighted by molar-refractivity contribution is 5.92. The minimum absolute atomic E-state index is 0.189. The van der Waals surface area contributed by atoms with Crippen LogP contribution in [-0.2, 0) is 9.59 Å². The second kappa shape index (κ2) is 6.82. The first-order chi connectivity index (χ1) is 6.98. The van der Waals surface area contributed by atoms with Crippen molar-refractivity contribution in [2.45, 2.75) is 34.6 Å². The zero-order valence-electron chi connectivity index (χ0n) is 10.8. The summed E-state index contributed by atoms with van der Waals surface area (Å²) in [7, 11) is 0. The molecule has 2 amide bonds. The van der Waals surface area contributed by atoms with E-state index in [4.69, 9.17) is 11.5 Å². The topological polar surface area (TPSA) is 86.2 Å². The average molecular weight is 226 g/mol. The van der Waals surface area contributed by atoms with Gasteiger partial charge in [-0.15, -0.1) is 0 Å². The van der Waals surface area contributed by atoms with E-state index in [1.165, 1.54) is 6.08 Å². The van der Waals surface area contributed by atoms with Crippen molar-refractivity contribution in [3.63, 3.8) is 0 Å². The molecule has 0 atom stereocenters. The Kier molecular flexibility index (Phi) is 7.18. The number of amides is 2. The zero-order chi connectivity index (χ0) is 13.5. The lowest BCUT2D eigenvalue weighted by atomic mass is 9.87. The van der Waals surface area contributed by atoms with Gasteiger partial charge in [0.25, 0.3) is 0 Å². The molecule has 0 aliphatic carbocycles. The predicted molar refractivity (Wildman–Crippen MR) is 66.4 cm³/mol. The molecule has 4 heteroatoms. The lowest BCUT2D eigenvalue weighted by Gasteiger charge is -2.17. The molecule has 0 unspecified atom stereocenters. The maximum Gasteiger partial charge on any atom is 0.244 e. The van der Waals surface area contributed by atoms with Crippen LogP contribution >= 0.6 is 0 Å². The summed E-state index contributed by atoms with van der Waals surface area (Å²) in [6, 6.07) is 0. The number of primary amides is 2. The van der Waals surface area contributed by atoms with Crippen LogP contribution in [0.25, 0.3) is 0 Å². The van der Waals surface area contributed by atoms with Crippen molar-refractivity contribution in [2.75, 3.05) is 0 Å². The molecule has 0 aliphatic heterocycles. The number of hydrogen-bond acceptors (Lipinski definition) is 2. The number of allylic oxidation sites excluding steroid dienone is 1. The van der Waals surface area contributed by atoms with Crippen LogP contribution in [0.2, 0.25) is 0 Å². The van der Waals surface area contributed by atoms with Crippen LogP contribution in [0, 0.1) is 5.41 Å². The molecular weight excluding hydrogens is 204 g/mol. The van der Waals surface area contributed by atoms with Gasteiger partial charge in [0.1, 0.15) is 0 Å². The van der Waals surface area contributed by atoms with Crippen LogP contribution < -0.4 is 11.5 Å². The fraction of sp³-hybridized carbons (Fsp3) is 0.500. The molecule has 4 nitrogen and oxygen atoms in total. The summed E-state index contributed by atoms with van der Waals surface area (Å²) in [6.45, 7) is 12.9. The molecule has 0 spiro atoms. The zero-order valence-corrected chi connectivity index (χ0v) is 10.8. The molecule has 0 heterocycles. The normalized spacial score (nSPS) is 9.56. The van der Waals surface area contributed by atoms with Crippen molar-refractivity contribution in [1.29, 1.82) is 0 Å². The lowest BCUT2D eigenvalue weighted by Crippen LogP contribution is -2.23. The van der Waals surface area contributed by atoms with E-state index in [9.17, 15) is 9.59 Å². The Balaban J connectivity index is 0. The maximum absolute atomic E-state index is 10.5. The molecule has 0 aromatic rings. The molecule has 16 heavy (non-hydrogen) atoms. The van der Waals surface area contributed by atoms with E-state index in [1.54, 1.807) is 0 Å². The monoisotopic (exact) mass is 226 g/mol. The molecular formula is C12H22N2O2. The number of nitrogens with two attached hydrogens (primary N) is 2. The predicted octanol–water partition coefficient (Wildman–Crippen LogP) is 1.51. The SMILES string of the molecule is C=C(C(N)=O)C(C)(C)C.CC(C)=CC(N)=O. The van der Waals surface area contributed by atoms with Crippen molar-refractivity contribution in [3.8, 4) is 0 Å². The van der Waals surface area contributed by atoms with Crippen LogP contribution in [0.1, 0.15) is 34.6 Å². The third kappa shape index (κ3) is 10.5. The van der Waals surface area contributed by atoms with Crippen molar-refractivity contribution in [2.24, 2.45) is 16.9 Å². The largest absolute Gasteiger partial charge is 0.366 e. The summed E-state index contributed by atoms with van der Waals surface area (Å²) in [5, 5.41) is 0. The number of hydrogen-bond donors (Lipinski definition) is 2. The van der Waals surface area contributed by atoms with Crippen molar-refractivity contribution in [3.05, 3.63) is 23.8 Å². The number of carbonyl (C=O) groups is 2. The first-order valence-electron chi connectivity index (χ1n) is 4.92. The van der Waals surface area contributed by atoms with Gasteiger partial charge >= 0.3 is 0 Å². The van der Waals surface area contributed by atoms with Gasteiger partial charge in [0.2, 0.25) is 11.8 Å². The summed E-state index contributed by atoms with van der Waals surface area (Å²) in [6.07, 6.45) is 1.39. The van der Waals surface area contributed by atoms with Crippen molar-refractivity contribution in [1.82, 2.24) is 0 Å². The summed E-state index contributed by atoms with van der Waals surface area (Å²) in [5.41, 5.74) is 11.0. The standard InChI is InChI=1S/C7H13NO.C5H9NO/c1-5(6(8)9)7(2,3)4;1-4(2)3-5(6)7/h1H2,2-4H3,(H2,8,9);3H,1-2H3,(H2,6,7). The quantitative estimate of drug-likeness (QED) is 0.699. The van der Waals surface area contributed by atoms with E-state index < -0.39 is 5.91 Å². The maximum atomic E-state index is 10.5. The smallest absolute Gasteiger partial charge is 0.244 e. The highest BCUT2D eigenvalue weighted by Gasteiger charge is 2.18. The molecule has 0 aromatic heterocycles. The van der Waals surface area contributed by atoms with Gasteiger partial charge in [0, 0.05) is 11.6 Å². The van der Waals surface area contributed by atoms with Crippen molar-refractivity contribution < 1.29 is 9.59 Å². The third-order valence-electron chi connectivity index (χ3n) is 1.63. The van der Waals surface area contributed by atoms with E-state index in [2.05, 4.69) is 6.58 Å². The van der Waals surface area contributed by atoms with Crippen LogP contribution in [-0.4, -0.2) is 11.8 Å². The Hall–Kier alpha value is -1.58. The Morgan fingerprint density at radius 1 is 1.12 bits per heavy atom. The molecule has 0 fully saturated rings. The van der Waals surface area contributed by atoms with Gasteiger partial charge in [-0.05, 0) is 19.3 Å². The van der Waals surface area contributed by atoms with Gasteiger partial charge in [-0.2, -0.15) is 0 Å². The summed E-state index contributed by atoms with van der Waals surface area (Å²) in [5.74, 6) is -0.789. The lowest BCUT2D eigenvalue weighted by molar-refractivity contribution is -0.115. The van der Waals surface area contributed by atoms with E-state index in [0.29, 0.717) is 5.57 Å². The fourth-order valence-electron chi connectivity index (χ4n) is 0.654. The van der Waals surface area contributed by atoms with Gasteiger partial charge in [-0.25, -0.2) is 0 Å². The van der Waals surface area contributed by atoms with E-state index in [-0.39, 0.29) is 11.3 Å². The molecule has 0 saturated carbocycles. The van der Waals surface area contributed by atoms with Crippen LogP contribution in [0.15, 0.2) is 23.8 Å². The second-order valence-electron chi connectivity index (χ2n) is 4.72. The minimum Gasteiger partial charge on any atom is -0.366 e. The molecule has 0 rings (SSSR count). The second-order valence-corrected chi connectivity index (χ2v) is 4.72. The number of rotatable bonds is 2. The summed E-state index contributed by atoms with van der Waals surface area (Å²) in [4.78, 5) is 20.4. The van der Waals surface area contributed by atoms with E-state index >= 15 is 0 Å². The summed E-state index contributed by atoms with van der Waals surface area (Å²) >= 11 is 0. The molecule has 0 aromatic carbocycles. The summed E-state index contributed by atoms with van der Waals surface area (Å²) < 4.78 is 0. The van der Waals surface area contributed by atoms with Gasteiger partial charge in [0.15, 0.2) is 0 Å². The van der Waals surface area contributed by atoms with Crippen LogP contribution in [0.4, 0.5) is 0 Å². The molecule has 0 aliphatic rings. The first-order valence-corrected chi connectivity index (χ1v) is 4.92. The van der Waals surface area contributed by atoms with Gasteiger partial charge in [0.05, 0.1) is 0 Å². The Morgan fingerprint density at radius 3 is 1.50 bits per heavy atom. The molecule has 0 radical (unpaired) electrons. The first kappa shape index (κ1) is 16.8. The minimum atomic E-state index is -0.414. The Labute approximate surface area is 97.4 Å². The van der Waals surface area contributed by atoms with Crippen molar-refractivity contribution >= 4 is 11.8 Å².